The third kappa shape index (κ3) is 3.85. The van der Waals surface area contributed by atoms with Gasteiger partial charge in [0, 0.05) is 0 Å². The van der Waals surface area contributed by atoms with Crippen molar-refractivity contribution in [2.24, 2.45) is 0 Å². The molecule has 1 aliphatic carbocycles. The molecule has 1 aliphatic rings. The first-order valence-corrected chi connectivity index (χ1v) is 7.93. The van der Waals surface area contributed by atoms with Gasteiger partial charge in [0.15, 0.2) is 0 Å². The van der Waals surface area contributed by atoms with E-state index in [4.69, 9.17) is 4.42 Å². The molecule has 0 saturated carbocycles. The normalized spacial score (nSPS) is 16.5. The highest BCUT2D eigenvalue weighted by Crippen LogP contribution is 2.24. The molecular weight excluding hydrogens is 258 g/mol. The molecule has 2 heteroatoms. The monoisotopic (exact) mass is 281 g/mol. The van der Waals surface area contributed by atoms with E-state index in [9.17, 15) is 0 Å². The maximum absolute atomic E-state index is 5.62. The van der Waals surface area contributed by atoms with Crippen molar-refractivity contribution in [3.8, 4) is 0 Å². The maximum Gasteiger partial charge on any atom is 0.125 e. The van der Waals surface area contributed by atoms with Gasteiger partial charge in [-0.1, -0.05) is 42.0 Å². The summed E-state index contributed by atoms with van der Waals surface area (Å²) in [5.41, 5.74) is 2.87. The minimum atomic E-state index is 0.144. The molecule has 0 aliphatic heterocycles. The molecule has 1 N–H and O–H groups in total. The Morgan fingerprint density at radius 2 is 1.95 bits per heavy atom. The summed E-state index contributed by atoms with van der Waals surface area (Å²) in [5, 5.41) is 3.65. The van der Waals surface area contributed by atoms with Crippen LogP contribution in [0.15, 0.2) is 64.8 Å². The van der Waals surface area contributed by atoms with Crippen molar-refractivity contribution >= 4 is 0 Å². The van der Waals surface area contributed by atoms with Crippen LogP contribution in [0.2, 0.25) is 0 Å². The van der Waals surface area contributed by atoms with E-state index in [0.717, 1.165) is 18.7 Å². The summed E-state index contributed by atoms with van der Waals surface area (Å²) in [5.74, 6) is 0.985. The van der Waals surface area contributed by atoms with Crippen LogP contribution in [0.3, 0.4) is 0 Å². The fourth-order valence-electron chi connectivity index (χ4n) is 2.99. The number of hydrogen-bond donors (Lipinski definition) is 1. The highest BCUT2D eigenvalue weighted by atomic mass is 16.3. The van der Waals surface area contributed by atoms with Gasteiger partial charge in [-0.05, 0) is 56.3 Å². The number of furan rings is 1. The summed E-state index contributed by atoms with van der Waals surface area (Å²) in [7, 11) is 0. The van der Waals surface area contributed by atoms with Gasteiger partial charge in [0.2, 0.25) is 0 Å². The second-order valence-electron chi connectivity index (χ2n) is 5.67. The molecule has 1 heterocycles. The Bertz CT molecular complexity index is 557. The molecule has 1 unspecified atom stereocenters. The first kappa shape index (κ1) is 14.2. The van der Waals surface area contributed by atoms with Crippen molar-refractivity contribution in [3.63, 3.8) is 0 Å². The molecule has 3 rings (SSSR count). The predicted molar refractivity (Wildman–Crippen MR) is 86.2 cm³/mol. The molecule has 110 valence electrons. The van der Waals surface area contributed by atoms with Gasteiger partial charge in [0.25, 0.3) is 0 Å². The second-order valence-corrected chi connectivity index (χ2v) is 5.67. The molecule has 0 spiro atoms. The zero-order valence-electron chi connectivity index (χ0n) is 12.4. The van der Waals surface area contributed by atoms with Gasteiger partial charge in [-0.25, -0.2) is 0 Å². The summed E-state index contributed by atoms with van der Waals surface area (Å²) in [6.45, 7) is 0.992. The molecule has 1 aromatic heterocycles. The third-order valence-electron chi connectivity index (χ3n) is 4.14. The smallest absolute Gasteiger partial charge is 0.125 e. The van der Waals surface area contributed by atoms with Crippen LogP contribution >= 0.6 is 0 Å². The molecule has 2 aromatic rings. The van der Waals surface area contributed by atoms with E-state index in [1.54, 1.807) is 11.8 Å². The molecule has 1 atom stereocenters. The molecule has 1 aromatic carbocycles. The van der Waals surface area contributed by atoms with E-state index in [1.165, 1.54) is 31.2 Å². The molecule has 21 heavy (non-hydrogen) atoms. The Morgan fingerprint density at radius 3 is 2.67 bits per heavy atom. The predicted octanol–water partition coefficient (Wildman–Crippen LogP) is 4.85. The highest BCUT2D eigenvalue weighted by Gasteiger charge is 2.16. The number of allylic oxidation sites excluding steroid dienone is 1. The van der Waals surface area contributed by atoms with Gasteiger partial charge in [0.1, 0.15) is 5.76 Å². The van der Waals surface area contributed by atoms with E-state index in [-0.39, 0.29) is 6.04 Å². The summed E-state index contributed by atoms with van der Waals surface area (Å²) in [6.07, 6.45) is 10.6. The zero-order valence-corrected chi connectivity index (χ0v) is 12.4. The van der Waals surface area contributed by atoms with Crippen molar-refractivity contribution in [1.82, 2.24) is 5.32 Å². The van der Waals surface area contributed by atoms with Crippen molar-refractivity contribution in [1.29, 1.82) is 0 Å². The van der Waals surface area contributed by atoms with Crippen LogP contribution in [0.5, 0.6) is 0 Å². The molecule has 0 saturated heterocycles. The van der Waals surface area contributed by atoms with Crippen molar-refractivity contribution in [2.75, 3.05) is 6.54 Å². The molecule has 2 nitrogen and oxygen atoms in total. The van der Waals surface area contributed by atoms with Crippen LogP contribution in [0.25, 0.3) is 0 Å². The first-order valence-electron chi connectivity index (χ1n) is 7.93. The van der Waals surface area contributed by atoms with E-state index >= 15 is 0 Å². The fraction of sp³-hybridized carbons (Fsp3) is 0.368. The summed E-state index contributed by atoms with van der Waals surface area (Å²) in [6, 6.07) is 14.7. The van der Waals surface area contributed by atoms with Gasteiger partial charge < -0.3 is 9.73 Å². The van der Waals surface area contributed by atoms with Crippen LogP contribution in [0, 0.1) is 0 Å². The summed E-state index contributed by atoms with van der Waals surface area (Å²) >= 11 is 0. The zero-order chi connectivity index (χ0) is 14.3. The standard InChI is InChI=1S/C19H23NO/c1-3-8-16(9-4-1)13-14-20-19(18-12-7-15-21-18)17-10-5-2-6-11-17/h2,5-8,10-12,15,19-20H,1,3-4,9,13-14H2. The van der Waals surface area contributed by atoms with Crippen LogP contribution < -0.4 is 5.32 Å². The van der Waals surface area contributed by atoms with E-state index in [1.807, 2.05) is 12.1 Å². The largest absolute Gasteiger partial charge is 0.467 e. The Labute approximate surface area is 126 Å². The lowest BCUT2D eigenvalue weighted by atomic mass is 9.97. The number of nitrogens with one attached hydrogen (secondary N) is 1. The number of benzene rings is 1. The Hall–Kier alpha value is -1.80. The molecule has 0 amide bonds. The molecule has 0 radical (unpaired) electrons. The third-order valence-corrected chi connectivity index (χ3v) is 4.14. The lowest BCUT2D eigenvalue weighted by Crippen LogP contribution is -2.23. The lowest BCUT2D eigenvalue weighted by molar-refractivity contribution is 0.446. The van der Waals surface area contributed by atoms with Crippen LogP contribution in [-0.4, -0.2) is 6.54 Å². The van der Waals surface area contributed by atoms with E-state index in [2.05, 4.69) is 41.7 Å². The summed E-state index contributed by atoms with van der Waals surface area (Å²) in [4.78, 5) is 0. The number of rotatable bonds is 6. The maximum atomic E-state index is 5.62. The lowest BCUT2D eigenvalue weighted by Gasteiger charge is -2.19. The van der Waals surface area contributed by atoms with Gasteiger partial charge in [-0.3, -0.25) is 0 Å². The van der Waals surface area contributed by atoms with Crippen LogP contribution in [0.1, 0.15) is 49.5 Å². The van der Waals surface area contributed by atoms with Crippen LogP contribution in [0.4, 0.5) is 0 Å². The highest BCUT2D eigenvalue weighted by molar-refractivity contribution is 5.26. The number of hydrogen-bond acceptors (Lipinski definition) is 2. The minimum Gasteiger partial charge on any atom is -0.467 e. The van der Waals surface area contributed by atoms with E-state index in [0.29, 0.717) is 0 Å². The van der Waals surface area contributed by atoms with E-state index < -0.39 is 0 Å². The topological polar surface area (TPSA) is 25.2 Å². The SMILES string of the molecule is C1=C(CCNC(c2ccccc2)c2ccco2)CCCC1. The fourth-order valence-corrected chi connectivity index (χ4v) is 2.99. The van der Waals surface area contributed by atoms with Crippen molar-refractivity contribution in [2.45, 2.75) is 38.1 Å². The van der Waals surface area contributed by atoms with Crippen molar-refractivity contribution < 1.29 is 4.42 Å². The molecule has 0 fully saturated rings. The Morgan fingerprint density at radius 1 is 1.05 bits per heavy atom. The Balaban J connectivity index is 1.64. The van der Waals surface area contributed by atoms with Gasteiger partial charge >= 0.3 is 0 Å². The molecular formula is C19H23NO. The first-order chi connectivity index (χ1) is 10.4. The van der Waals surface area contributed by atoms with Gasteiger partial charge in [-0.15, -0.1) is 0 Å². The van der Waals surface area contributed by atoms with Crippen LogP contribution in [-0.2, 0) is 0 Å². The minimum absolute atomic E-state index is 0.144. The quantitative estimate of drug-likeness (QED) is 0.766. The average Bonchev–Trinajstić information content (AvgIpc) is 3.07. The van der Waals surface area contributed by atoms with Gasteiger partial charge in [0.05, 0.1) is 12.3 Å². The molecule has 0 bridgehead atoms. The summed E-state index contributed by atoms with van der Waals surface area (Å²) < 4.78 is 5.62. The Kier molecular flexibility index (Phi) is 4.90. The van der Waals surface area contributed by atoms with Crippen molar-refractivity contribution in [3.05, 3.63) is 71.7 Å². The van der Waals surface area contributed by atoms with Gasteiger partial charge in [-0.2, -0.15) is 0 Å². The second kappa shape index (κ2) is 7.28. The average molecular weight is 281 g/mol.